The van der Waals surface area contributed by atoms with Crippen LogP contribution in [0.4, 0.5) is 0 Å². The molecule has 14 nitrogen and oxygen atoms in total. The lowest BCUT2D eigenvalue weighted by Gasteiger charge is -2.23. The van der Waals surface area contributed by atoms with Gasteiger partial charge in [-0.2, -0.15) is 0 Å². The first-order valence-electron chi connectivity index (χ1n) is 7.20. The normalized spacial score (nSPS) is 28.2. The fraction of sp³-hybridized carbons (Fsp3) is 0.636. The summed E-state index contributed by atoms with van der Waals surface area (Å²) in [6.07, 6.45) is -5.63. The van der Waals surface area contributed by atoms with E-state index in [2.05, 4.69) is 9.05 Å². The third-order valence-corrected chi connectivity index (χ3v) is 5.05. The topological polar surface area (TPSA) is 196 Å². The summed E-state index contributed by atoms with van der Waals surface area (Å²) >= 11 is 0. The highest BCUT2D eigenvalue weighted by Gasteiger charge is 2.51. The molecule has 1 fully saturated rings. The highest BCUT2D eigenvalue weighted by molar-refractivity contribution is 7.52. The first kappa shape index (κ1) is 22.1. The summed E-state index contributed by atoms with van der Waals surface area (Å²) in [6.45, 7) is 0. The summed E-state index contributed by atoms with van der Waals surface area (Å²) in [7, 11) is -7.09. The van der Waals surface area contributed by atoms with E-state index in [1.165, 1.54) is 0 Å². The van der Waals surface area contributed by atoms with Crippen LogP contribution >= 0.6 is 15.4 Å². The second kappa shape index (κ2) is 8.45. The van der Waals surface area contributed by atoms with Crippen molar-refractivity contribution in [2.45, 2.75) is 24.7 Å². The molecule has 0 aliphatic carbocycles. The lowest BCUT2D eigenvalue weighted by molar-refractivity contribution is -0.167. The molecule has 5 atom stereocenters. The molecule has 154 valence electrons. The number of aromatic amines is 1. The summed E-state index contributed by atoms with van der Waals surface area (Å²) in [5.41, 5.74) is -1.57. The molecule has 0 saturated carbocycles. The van der Waals surface area contributed by atoms with Crippen LogP contribution < -0.4 is 11.2 Å². The number of aromatic nitrogens is 2. The predicted octanol–water partition coefficient (Wildman–Crippen LogP) is -1.31. The number of methoxy groups -OCH3 is 1. The molecule has 1 unspecified atom stereocenters. The zero-order chi connectivity index (χ0) is 20.4. The second-order valence-corrected chi connectivity index (χ2v) is 8.38. The molecule has 27 heavy (non-hydrogen) atoms. The molecule has 16 heteroatoms. The molecule has 1 saturated heterocycles. The van der Waals surface area contributed by atoms with Gasteiger partial charge in [-0.3, -0.25) is 23.4 Å². The Balaban J connectivity index is 2.36. The molecule has 0 spiro atoms. The summed E-state index contributed by atoms with van der Waals surface area (Å²) in [6, 6.07) is 1.01. The smallest absolute Gasteiger partial charge is 0.374 e. The van der Waals surface area contributed by atoms with E-state index in [4.69, 9.17) is 24.0 Å². The Hall–Kier alpha value is -1.18. The number of nitrogens with one attached hydrogen (secondary N) is 1. The molecule has 0 bridgehead atoms. The van der Waals surface area contributed by atoms with Gasteiger partial charge in [0.1, 0.15) is 6.10 Å². The van der Waals surface area contributed by atoms with Gasteiger partial charge in [0.25, 0.3) is 5.56 Å². The number of hydrogen-bond donors (Lipinski definition) is 4. The van der Waals surface area contributed by atoms with Crippen molar-refractivity contribution < 1.29 is 47.1 Å². The monoisotopic (exact) mass is 432 g/mol. The Kier molecular flexibility index (Phi) is 6.92. The van der Waals surface area contributed by atoms with Crippen molar-refractivity contribution in [2.75, 3.05) is 20.6 Å². The highest BCUT2D eigenvalue weighted by atomic mass is 31.2. The first-order chi connectivity index (χ1) is 12.5. The average molecular weight is 432 g/mol. The number of hydrogen-bond acceptors (Lipinski definition) is 9. The molecule has 1 aliphatic rings. The van der Waals surface area contributed by atoms with E-state index < -0.39 is 57.7 Å². The number of ether oxygens (including phenoxy) is 3. The van der Waals surface area contributed by atoms with Crippen LogP contribution in [0.25, 0.3) is 0 Å². The largest absolute Gasteiger partial charge is 0.470 e. The van der Waals surface area contributed by atoms with Gasteiger partial charge in [-0.15, -0.1) is 0 Å². The standard InChI is InChI=1S/C11H18N2O12P2/c1-21-7-8(25-27(18,19)20)10(23-5-26(16,17)22-2)24-9(7)13-4-3-6(14)12-11(13)15/h3-4,7-10H,5H2,1-2H3,(H,16,17)(H,12,14,15)(H2,18,19,20)/t7-,8+,9-,10+/m1/s1. The van der Waals surface area contributed by atoms with Gasteiger partial charge >= 0.3 is 21.1 Å². The third-order valence-electron chi connectivity index (χ3n) is 3.49. The van der Waals surface area contributed by atoms with Gasteiger partial charge in [0.05, 0.1) is 0 Å². The van der Waals surface area contributed by atoms with Crippen molar-refractivity contribution in [1.82, 2.24) is 9.55 Å². The van der Waals surface area contributed by atoms with Gasteiger partial charge in [0.2, 0.25) is 0 Å². The van der Waals surface area contributed by atoms with E-state index >= 15 is 0 Å². The maximum atomic E-state index is 12.0. The van der Waals surface area contributed by atoms with E-state index in [1.807, 2.05) is 4.98 Å². The summed E-state index contributed by atoms with van der Waals surface area (Å²) < 4.78 is 48.3. The van der Waals surface area contributed by atoms with Crippen LogP contribution in [0.15, 0.2) is 21.9 Å². The lowest BCUT2D eigenvalue weighted by Crippen LogP contribution is -2.39. The first-order valence-corrected chi connectivity index (χ1v) is 10.5. The second-order valence-electron chi connectivity index (χ2n) is 5.29. The molecule has 0 radical (unpaired) electrons. The zero-order valence-electron chi connectivity index (χ0n) is 14.0. The highest BCUT2D eigenvalue weighted by Crippen LogP contribution is 2.46. The Morgan fingerprint density at radius 2 is 1.89 bits per heavy atom. The van der Waals surface area contributed by atoms with Crippen molar-refractivity contribution in [3.05, 3.63) is 33.1 Å². The maximum absolute atomic E-state index is 12.0. The minimum Gasteiger partial charge on any atom is -0.374 e. The molecule has 0 aromatic carbocycles. The van der Waals surface area contributed by atoms with E-state index in [1.54, 1.807) is 0 Å². The minimum atomic E-state index is -5.06. The van der Waals surface area contributed by atoms with Gasteiger partial charge in [-0.1, -0.05) is 0 Å². The summed E-state index contributed by atoms with van der Waals surface area (Å²) in [4.78, 5) is 52.8. The number of phosphoric acid groups is 1. The number of rotatable bonds is 8. The lowest BCUT2D eigenvalue weighted by atomic mass is 10.2. The molecule has 4 N–H and O–H groups in total. The molecular formula is C11H18N2O12P2. The van der Waals surface area contributed by atoms with Gasteiger partial charge in [0, 0.05) is 26.5 Å². The van der Waals surface area contributed by atoms with Crippen molar-refractivity contribution >= 4 is 15.4 Å². The number of nitrogens with zero attached hydrogens (tertiary/aromatic N) is 1. The fourth-order valence-electron chi connectivity index (χ4n) is 2.33. The third kappa shape index (κ3) is 5.65. The minimum absolute atomic E-state index is 0.680. The van der Waals surface area contributed by atoms with Crippen molar-refractivity contribution in [3.63, 3.8) is 0 Å². The maximum Gasteiger partial charge on any atom is 0.470 e. The number of phosphoric ester groups is 1. The predicted molar refractivity (Wildman–Crippen MR) is 85.7 cm³/mol. The molecule has 1 aliphatic heterocycles. The van der Waals surface area contributed by atoms with Crippen LogP contribution in [0.2, 0.25) is 0 Å². The van der Waals surface area contributed by atoms with Crippen LogP contribution in [-0.2, 0) is 32.4 Å². The van der Waals surface area contributed by atoms with E-state index in [0.717, 1.165) is 31.0 Å². The Bertz CT molecular complexity index is 861. The van der Waals surface area contributed by atoms with Crippen LogP contribution in [0, 0.1) is 0 Å². The van der Waals surface area contributed by atoms with Gasteiger partial charge in [-0.05, 0) is 0 Å². The Morgan fingerprint density at radius 3 is 2.41 bits per heavy atom. The quantitative estimate of drug-likeness (QED) is 0.355. The zero-order valence-corrected chi connectivity index (χ0v) is 15.8. The summed E-state index contributed by atoms with van der Waals surface area (Å²) in [5.74, 6) is 0. The van der Waals surface area contributed by atoms with Gasteiger partial charge in [-0.25, -0.2) is 9.36 Å². The van der Waals surface area contributed by atoms with E-state index in [-0.39, 0.29) is 0 Å². The molecular weight excluding hydrogens is 414 g/mol. The molecule has 2 heterocycles. The van der Waals surface area contributed by atoms with Crippen molar-refractivity contribution in [3.8, 4) is 0 Å². The van der Waals surface area contributed by atoms with Gasteiger partial charge in [0.15, 0.2) is 25.0 Å². The summed E-state index contributed by atoms with van der Waals surface area (Å²) in [5, 5.41) is 0. The fourth-order valence-corrected chi connectivity index (χ4v) is 3.31. The van der Waals surface area contributed by atoms with Crippen LogP contribution in [-0.4, -0.2) is 63.3 Å². The average Bonchev–Trinajstić information content (AvgIpc) is 2.88. The SMILES string of the molecule is CO[C@@H]1[C@H](OP(=O)(O)O)[C@@H](OCP(=O)(O)OC)O[C@H]1n1ccc(=O)[nH]c1=O. The Labute approximate surface area is 151 Å². The van der Waals surface area contributed by atoms with Crippen molar-refractivity contribution in [2.24, 2.45) is 0 Å². The molecule has 1 aromatic rings. The molecule has 0 amide bonds. The molecule has 1 aromatic heterocycles. The molecule has 2 rings (SSSR count). The number of H-pyrrole nitrogens is 1. The van der Waals surface area contributed by atoms with E-state index in [0.29, 0.717) is 0 Å². The van der Waals surface area contributed by atoms with Crippen LogP contribution in [0.3, 0.4) is 0 Å². The van der Waals surface area contributed by atoms with Crippen LogP contribution in [0.1, 0.15) is 6.23 Å². The van der Waals surface area contributed by atoms with Crippen LogP contribution in [0.5, 0.6) is 0 Å². The van der Waals surface area contributed by atoms with E-state index in [9.17, 15) is 23.6 Å². The van der Waals surface area contributed by atoms with Crippen molar-refractivity contribution in [1.29, 1.82) is 0 Å². The Morgan fingerprint density at radius 1 is 1.22 bits per heavy atom. The van der Waals surface area contributed by atoms with Gasteiger partial charge < -0.3 is 33.4 Å².